The lowest BCUT2D eigenvalue weighted by molar-refractivity contribution is -0.111. The molecule has 0 spiro atoms. The quantitative estimate of drug-likeness (QED) is 0.215. The minimum Gasteiger partial charge on any atom is -0.507 e. The van der Waals surface area contributed by atoms with Gasteiger partial charge in [0.1, 0.15) is 17.1 Å². The van der Waals surface area contributed by atoms with Crippen LogP contribution in [0.2, 0.25) is 0 Å². The molecule has 1 aromatic rings. The summed E-state index contributed by atoms with van der Waals surface area (Å²) in [5.41, 5.74) is -1.85. The Labute approximate surface area is 131 Å². The first-order valence-corrected chi connectivity index (χ1v) is 7.14. The van der Waals surface area contributed by atoms with E-state index < -0.39 is 57.0 Å². The molecule has 0 aromatic heterocycles. The largest absolute Gasteiger partial charge is 0.507 e. The van der Waals surface area contributed by atoms with Gasteiger partial charge in [-0.15, -0.1) is 0 Å². The number of benzene rings is 1. The van der Waals surface area contributed by atoms with Crippen LogP contribution in [0.1, 0.15) is 58.9 Å². The van der Waals surface area contributed by atoms with Crippen LogP contribution in [0.25, 0.3) is 5.76 Å². The van der Waals surface area contributed by atoms with E-state index in [2.05, 4.69) is 0 Å². The molecule has 0 fully saturated rings. The predicted octanol–water partition coefficient (Wildman–Crippen LogP) is 2.23. The second-order valence-corrected chi connectivity index (χ2v) is 5.27. The lowest BCUT2D eigenvalue weighted by Gasteiger charge is -2.18. The summed E-state index contributed by atoms with van der Waals surface area (Å²) < 4.78 is 0. The second-order valence-electron chi connectivity index (χ2n) is 5.27. The van der Waals surface area contributed by atoms with Gasteiger partial charge in [-0.1, -0.05) is 19.8 Å². The van der Waals surface area contributed by atoms with Gasteiger partial charge in [0.2, 0.25) is 11.6 Å². The SMILES string of the molecule is CCCCCC(=O)c1c(O)c(O)c2c(c1O)C(=O)C(=O)C=C2O. The van der Waals surface area contributed by atoms with Crippen LogP contribution in [0.5, 0.6) is 17.2 Å². The number of aliphatic hydroxyl groups is 1. The summed E-state index contributed by atoms with van der Waals surface area (Å²) in [6.45, 7) is 1.93. The third-order valence-corrected chi connectivity index (χ3v) is 3.68. The molecule has 1 aromatic carbocycles. The first-order valence-electron chi connectivity index (χ1n) is 7.14. The van der Waals surface area contributed by atoms with Crippen LogP contribution in [0, 0.1) is 0 Å². The zero-order valence-electron chi connectivity index (χ0n) is 12.4. The Hall–Kier alpha value is -2.83. The van der Waals surface area contributed by atoms with Crippen molar-refractivity contribution < 1.29 is 34.8 Å². The van der Waals surface area contributed by atoms with Crippen LogP contribution in [0.4, 0.5) is 0 Å². The monoisotopic (exact) mass is 320 g/mol. The summed E-state index contributed by atoms with van der Waals surface area (Å²) in [5, 5.41) is 39.8. The van der Waals surface area contributed by atoms with Crippen molar-refractivity contribution in [3.63, 3.8) is 0 Å². The van der Waals surface area contributed by atoms with E-state index in [4.69, 9.17) is 0 Å². The van der Waals surface area contributed by atoms with Crippen molar-refractivity contribution in [2.75, 3.05) is 0 Å². The average molecular weight is 320 g/mol. The van der Waals surface area contributed by atoms with Crippen molar-refractivity contribution in [2.24, 2.45) is 0 Å². The lowest BCUT2D eigenvalue weighted by Crippen LogP contribution is -2.20. The highest BCUT2D eigenvalue weighted by atomic mass is 16.3. The van der Waals surface area contributed by atoms with Gasteiger partial charge in [0, 0.05) is 12.5 Å². The van der Waals surface area contributed by atoms with Gasteiger partial charge in [0.15, 0.2) is 17.3 Å². The average Bonchev–Trinajstić information content (AvgIpc) is 2.49. The smallest absolute Gasteiger partial charge is 0.237 e. The van der Waals surface area contributed by atoms with Crippen LogP contribution >= 0.6 is 0 Å². The molecule has 2 rings (SSSR count). The molecule has 0 saturated heterocycles. The first kappa shape index (κ1) is 16.5. The minimum atomic E-state index is -1.17. The maximum Gasteiger partial charge on any atom is 0.237 e. The number of hydrogen-bond acceptors (Lipinski definition) is 7. The van der Waals surface area contributed by atoms with Crippen molar-refractivity contribution >= 4 is 23.1 Å². The molecule has 0 saturated carbocycles. The molecule has 0 heterocycles. The number of Topliss-reactive ketones (excluding diaryl/α,β-unsaturated/α-hetero) is 2. The summed E-state index contributed by atoms with van der Waals surface area (Å²) in [7, 11) is 0. The molecule has 4 N–H and O–H groups in total. The number of hydrogen-bond donors (Lipinski definition) is 4. The molecule has 0 radical (unpaired) electrons. The third kappa shape index (κ3) is 2.65. The highest BCUT2D eigenvalue weighted by Crippen LogP contribution is 2.46. The minimum absolute atomic E-state index is 0.00283. The zero-order chi connectivity index (χ0) is 17.3. The fourth-order valence-electron chi connectivity index (χ4n) is 2.49. The number of rotatable bonds is 5. The number of allylic oxidation sites excluding steroid dienone is 1. The number of phenolic OH excluding ortho intramolecular Hbond substituents is 3. The van der Waals surface area contributed by atoms with Crippen molar-refractivity contribution in [3.05, 3.63) is 22.8 Å². The second kappa shape index (κ2) is 6.12. The fourth-order valence-corrected chi connectivity index (χ4v) is 2.49. The Balaban J connectivity index is 2.62. The van der Waals surface area contributed by atoms with Crippen molar-refractivity contribution in [2.45, 2.75) is 32.6 Å². The van der Waals surface area contributed by atoms with Crippen LogP contribution in [-0.4, -0.2) is 37.8 Å². The molecule has 23 heavy (non-hydrogen) atoms. The molecule has 7 nitrogen and oxygen atoms in total. The van der Waals surface area contributed by atoms with Gasteiger partial charge < -0.3 is 20.4 Å². The molecule has 0 aliphatic heterocycles. The van der Waals surface area contributed by atoms with Gasteiger partial charge in [-0.25, -0.2) is 0 Å². The van der Waals surface area contributed by atoms with Crippen LogP contribution in [-0.2, 0) is 4.79 Å². The van der Waals surface area contributed by atoms with E-state index in [1.165, 1.54) is 0 Å². The van der Waals surface area contributed by atoms with Gasteiger partial charge in [-0.2, -0.15) is 0 Å². The van der Waals surface area contributed by atoms with E-state index in [0.717, 1.165) is 12.8 Å². The Bertz CT molecular complexity index is 744. The Morgan fingerprint density at radius 1 is 0.957 bits per heavy atom. The number of carbonyl (C=O) groups excluding carboxylic acids is 3. The number of aromatic hydroxyl groups is 3. The van der Waals surface area contributed by atoms with Gasteiger partial charge in [-0.3, -0.25) is 14.4 Å². The fraction of sp³-hybridized carbons (Fsp3) is 0.312. The normalized spacial score (nSPS) is 13.7. The van der Waals surface area contributed by atoms with E-state index >= 15 is 0 Å². The maximum absolute atomic E-state index is 12.2. The van der Waals surface area contributed by atoms with Crippen LogP contribution in [0.3, 0.4) is 0 Å². The van der Waals surface area contributed by atoms with Gasteiger partial charge in [0.25, 0.3) is 0 Å². The predicted molar refractivity (Wildman–Crippen MR) is 79.9 cm³/mol. The van der Waals surface area contributed by atoms with E-state index in [-0.39, 0.29) is 6.42 Å². The number of phenols is 3. The zero-order valence-corrected chi connectivity index (χ0v) is 12.4. The van der Waals surface area contributed by atoms with E-state index in [9.17, 15) is 34.8 Å². The Morgan fingerprint density at radius 2 is 1.61 bits per heavy atom. The highest BCUT2D eigenvalue weighted by Gasteiger charge is 2.36. The molecule has 0 atom stereocenters. The Kier molecular flexibility index (Phi) is 4.40. The van der Waals surface area contributed by atoms with Crippen molar-refractivity contribution in [3.8, 4) is 17.2 Å². The number of aliphatic hydroxyl groups excluding tert-OH is 1. The van der Waals surface area contributed by atoms with Crippen molar-refractivity contribution in [1.29, 1.82) is 0 Å². The highest BCUT2D eigenvalue weighted by molar-refractivity contribution is 6.51. The molecule has 1 aliphatic rings. The summed E-state index contributed by atoms with van der Waals surface area (Å²) in [4.78, 5) is 35.6. The van der Waals surface area contributed by atoms with Crippen molar-refractivity contribution in [1.82, 2.24) is 0 Å². The molecule has 1 aliphatic carbocycles. The van der Waals surface area contributed by atoms with Gasteiger partial charge in [-0.05, 0) is 6.42 Å². The number of fused-ring (bicyclic) bond motifs is 1. The molecule has 7 heteroatoms. The molecular formula is C16H16O7. The molecule has 122 valence electrons. The summed E-state index contributed by atoms with van der Waals surface area (Å²) in [6.07, 6.45) is 2.69. The van der Waals surface area contributed by atoms with E-state index in [1.807, 2.05) is 6.92 Å². The van der Waals surface area contributed by atoms with Gasteiger partial charge in [0.05, 0.1) is 11.1 Å². The molecular weight excluding hydrogens is 304 g/mol. The van der Waals surface area contributed by atoms with Gasteiger partial charge >= 0.3 is 0 Å². The Morgan fingerprint density at radius 3 is 2.22 bits per heavy atom. The maximum atomic E-state index is 12.2. The van der Waals surface area contributed by atoms with Crippen LogP contribution < -0.4 is 0 Å². The molecule has 0 unspecified atom stereocenters. The van der Waals surface area contributed by atoms with E-state index in [0.29, 0.717) is 12.5 Å². The summed E-state index contributed by atoms with van der Waals surface area (Å²) in [6, 6.07) is 0. The summed E-state index contributed by atoms with van der Waals surface area (Å²) >= 11 is 0. The van der Waals surface area contributed by atoms with E-state index in [1.54, 1.807) is 0 Å². The first-order chi connectivity index (χ1) is 10.8. The summed E-state index contributed by atoms with van der Waals surface area (Å²) in [5.74, 6) is -6.46. The standard InChI is InChI=1S/C16H16O7/c1-2-3-4-5-7(17)11-14(21)12-10(15(22)16(11)23)8(18)6-9(19)13(12)20/h6,18,21-23H,2-5H2,1H3. The van der Waals surface area contributed by atoms with Crippen LogP contribution in [0.15, 0.2) is 6.08 Å². The third-order valence-electron chi connectivity index (χ3n) is 3.68. The lowest BCUT2D eigenvalue weighted by atomic mass is 9.88. The number of carbonyl (C=O) groups is 3. The molecule has 0 bridgehead atoms. The number of unbranched alkanes of at least 4 members (excludes halogenated alkanes) is 2. The molecule has 0 amide bonds. The number of ketones is 3. The topological polar surface area (TPSA) is 132 Å².